The number of H-pyrrole nitrogens is 1. The molecule has 0 unspecified atom stereocenters. The van der Waals surface area contributed by atoms with Gasteiger partial charge in [0.2, 0.25) is 0 Å². The zero-order chi connectivity index (χ0) is 14.6. The summed E-state index contributed by atoms with van der Waals surface area (Å²) in [4.78, 5) is 13.6. The van der Waals surface area contributed by atoms with Crippen LogP contribution in [-0.2, 0) is 11.3 Å². The van der Waals surface area contributed by atoms with Crippen molar-refractivity contribution >= 4 is 12.0 Å². The number of amides is 1. The van der Waals surface area contributed by atoms with E-state index in [9.17, 15) is 4.79 Å². The lowest BCUT2D eigenvalue weighted by atomic mass is 10.2. The maximum Gasteiger partial charge on any atom is 0.417 e. The second-order valence-corrected chi connectivity index (χ2v) is 5.26. The lowest BCUT2D eigenvalue weighted by Gasteiger charge is -2.25. The highest BCUT2D eigenvalue weighted by atomic mass is 16.6. The van der Waals surface area contributed by atoms with Gasteiger partial charge in [0, 0.05) is 0 Å². The van der Waals surface area contributed by atoms with Crippen molar-refractivity contribution in [3.63, 3.8) is 0 Å². The second kappa shape index (κ2) is 5.68. The van der Waals surface area contributed by atoms with Gasteiger partial charge in [-0.25, -0.2) is 9.69 Å². The molecule has 20 heavy (non-hydrogen) atoms. The number of nitrogens with zero attached hydrogens (tertiary/aromatic N) is 4. The average molecular weight is 275 g/mol. The fraction of sp³-hybridized carbons (Fsp3) is 0.385. The van der Waals surface area contributed by atoms with Gasteiger partial charge in [-0.15, -0.1) is 5.10 Å². The van der Waals surface area contributed by atoms with Crippen molar-refractivity contribution in [2.24, 2.45) is 0 Å². The Kier molecular flexibility index (Phi) is 3.97. The van der Waals surface area contributed by atoms with Crippen LogP contribution in [-0.4, -0.2) is 32.3 Å². The molecule has 0 aliphatic heterocycles. The number of tetrazole rings is 1. The summed E-state index contributed by atoms with van der Waals surface area (Å²) in [7, 11) is 0. The molecule has 1 N–H and O–H groups in total. The van der Waals surface area contributed by atoms with Crippen molar-refractivity contribution < 1.29 is 9.53 Å². The van der Waals surface area contributed by atoms with Gasteiger partial charge < -0.3 is 4.74 Å². The lowest BCUT2D eigenvalue weighted by Crippen LogP contribution is -2.37. The first-order valence-corrected chi connectivity index (χ1v) is 6.23. The summed E-state index contributed by atoms with van der Waals surface area (Å²) >= 11 is 0. The zero-order valence-corrected chi connectivity index (χ0v) is 11.7. The number of carbonyl (C=O) groups excluding carboxylic acids is 1. The molecule has 0 saturated heterocycles. The molecule has 0 fully saturated rings. The maximum atomic E-state index is 12.2. The number of aromatic amines is 1. The molecule has 0 atom stereocenters. The summed E-state index contributed by atoms with van der Waals surface area (Å²) < 4.78 is 5.36. The van der Waals surface area contributed by atoms with Crippen LogP contribution in [0.15, 0.2) is 30.3 Å². The molecular formula is C13H17N5O2. The van der Waals surface area contributed by atoms with Crippen LogP contribution in [0.3, 0.4) is 0 Å². The minimum absolute atomic E-state index is 0.183. The van der Waals surface area contributed by atoms with E-state index in [0.717, 1.165) is 5.56 Å². The predicted octanol–water partition coefficient (Wildman–Crippen LogP) is 2.14. The molecule has 1 amide bonds. The number of benzene rings is 1. The highest BCUT2D eigenvalue weighted by Gasteiger charge is 2.26. The first kappa shape index (κ1) is 14.0. The Hall–Kier alpha value is -2.44. The van der Waals surface area contributed by atoms with E-state index in [0.29, 0.717) is 6.54 Å². The molecule has 0 radical (unpaired) electrons. The number of hydrogen-bond acceptors (Lipinski definition) is 5. The van der Waals surface area contributed by atoms with Gasteiger partial charge in [-0.05, 0) is 31.5 Å². The number of carbonyl (C=O) groups is 1. The molecule has 1 heterocycles. The van der Waals surface area contributed by atoms with E-state index in [1.54, 1.807) is 0 Å². The van der Waals surface area contributed by atoms with Crippen molar-refractivity contribution in [1.82, 2.24) is 20.6 Å². The van der Waals surface area contributed by atoms with Crippen LogP contribution < -0.4 is 4.90 Å². The highest BCUT2D eigenvalue weighted by molar-refractivity contribution is 5.85. The van der Waals surface area contributed by atoms with E-state index in [4.69, 9.17) is 4.74 Å². The summed E-state index contributed by atoms with van der Waals surface area (Å²) in [5.74, 6) is 0.183. The third-order valence-corrected chi connectivity index (χ3v) is 2.37. The summed E-state index contributed by atoms with van der Waals surface area (Å²) in [5.41, 5.74) is 0.360. The van der Waals surface area contributed by atoms with Crippen molar-refractivity contribution in [3.05, 3.63) is 35.9 Å². The van der Waals surface area contributed by atoms with E-state index in [1.807, 2.05) is 51.1 Å². The Bertz CT molecular complexity index is 548. The van der Waals surface area contributed by atoms with Gasteiger partial charge in [-0.2, -0.15) is 5.21 Å². The number of rotatable bonds is 3. The number of aromatic nitrogens is 4. The molecule has 2 rings (SSSR count). The molecule has 2 aromatic rings. The largest absolute Gasteiger partial charge is 0.443 e. The second-order valence-electron chi connectivity index (χ2n) is 5.26. The van der Waals surface area contributed by atoms with Gasteiger partial charge in [0.05, 0.1) is 6.54 Å². The number of ether oxygens (including phenoxy) is 1. The summed E-state index contributed by atoms with van der Waals surface area (Å²) in [6.07, 6.45) is -0.511. The van der Waals surface area contributed by atoms with Gasteiger partial charge in [0.15, 0.2) is 0 Å². The Balaban J connectivity index is 2.20. The monoisotopic (exact) mass is 275 g/mol. The van der Waals surface area contributed by atoms with E-state index in [1.165, 1.54) is 4.90 Å². The number of nitrogens with one attached hydrogen (secondary N) is 1. The van der Waals surface area contributed by atoms with Gasteiger partial charge in [0.1, 0.15) is 5.60 Å². The minimum atomic E-state index is -0.588. The molecule has 7 heteroatoms. The molecule has 1 aromatic heterocycles. The normalized spacial score (nSPS) is 11.2. The van der Waals surface area contributed by atoms with Crippen LogP contribution in [0.5, 0.6) is 0 Å². The standard InChI is InChI=1S/C13H17N5O2/c1-13(2,3)20-12(19)18(11-14-16-17-15-11)9-10-7-5-4-6-8-10/h4-8H,9H2,1-3H3,(H,14,15,16,17). The Labute approximate surface area is 116 Å². The van der Waals surface area contributed by atoms with Gasteiger partial charge >= 0.3 is 6.09 Å². The minimum Gasteiger partial charge on any atom is -0.443 e. The third kappa shape index (κ3) is 3.78. The van der Waals surface area contributed by atoms with Crippen LogP contribution in [0.25, 0.3) is 0 Å². The van der Waals surface area contributed by atoms with Gasteiger partial charge in [0.25, 0.3) is 5.95 Å². The lowest BCUT2D eigenvalue weighted by molar-refractivity contribution is 0.0575. The molecule has 1 aromatic carbocycles. The van der Waals surface area contributed by atoms with Crippen molar-refractivity contribution in [2.75, 3.05) is 4.90 Å². The zero-order valence-electron chi connectivity index (χ0n) is 11.7. The molecule has 0 spiro atoms. The fourth-order valence-electron chi connectivity index (χ4n) is 1.57. The van der Waals surface area contributed by atoms with Crippen LogP contribution >= 0.6 is 0 Å². The van der Waals surface area contributed by atoms with E-state index >= 15 is 0 Å². The molecule has 7 nitrogen and oxygen atoms in total. The Morgan fingerprint density at radius 3 is 2.55 bits per heavy atom. The summed E-state index contributed by atoms with van der Waals surface area (Å²) in [5, 5.41) is 13.5. The van der Waals surface area contributed by atoms with Crippen LogP contribution in [0.2, 0.25) is 0 Å². The smallest absolute Gasteiger partial charge is 0.417 e. The summed E-state index contributed by atoms with van der Waals surface area (Å²) in [6, 6.07) is 9.54. The van der Waals surface area contributed by atoms with Crippen LogP contribution in [0.1, 0.15) is 26.3 Å². The van der Waals surface area contributed by atoms with Crippen molar-refractivity contribution in [1.29, 1.82) is 0 Å². The van der Waals surface area contributed by atoms with E-state index < -0.39 is 11.7 Å². The SMILES string of the molecule is CC(C)(C)OC(=O)N(Cc1ccccc1)c1nn[nH]n1. The first-order chi connectivity index (χ1) is 9.46. The first-order valence-electron chi connectivity index (χ1n) is 6.23. The van der Waals surface area contributed by atoms with Crippen molar-refractivity contribution in [3.8, 4) is 0 Å². The molecular weight excluding hydrogens is 258 g/mol. The van der Waals surface area contributed by atoms with E-state index in [2.05, 4.69) is 20.6 Å². The quantitative estimate of drug-likeness (QED) is 0.927. The van der Waals surface area contributed by atoms with Crippen molar-refractivity contribution in [2.45, 2.75) is 32.9 Å². The van der Waals surface area contributed by atoms with Crippen LogP contribution in [0, 0.1) is 0 Å². The van der Waals surface area contributed by atoms with Gasteiger partial charge in [-0.3, -0.25) is 0 Å². The number of anilines is 1. The maximum absolute atomic E-state index is 12.2. The predicted molar refractivity (Wildman–Crippen MR) is 73.0 cm³/mol. The Morgan fingerprint density at radius 1 is 1.30 bits per heavy atom. The van der Waals surface area contributed by atoms with E-state index in [-0.39, 0.29) is 5.95 Å². The molecule has 106 valence electrons. The average Bonchev–Trinajstić information content (AvgIpc) is 2.88. The molecule has 0 aliphatic rings. The van der Waals surface area contributed by atoms with Gasteiger partial charge in [-0.1, -0.05) is 35.4 Å². The molecule has 0 saturated carbocycles. The number of hydrogen-bond donors (Lipinski definition) is 1. The fourth-order valence-corrected chi connectivity index (χ4v) is 1.57. The summed E-state index contributed by atoms with van der Waals surface area (Å²) in [6.45, 7) is 5.74. The molecule has 0 aliphatic carbocycles. The third-order valence-electron chi connectivity index (χ3n) is 2.37. The Morgan fingerprint density at radius 2 is 2.00 bits per heavy atom. The molecule has 0 bridgehead atoms. The highest BCUT2D eigenvalue weighted by Crippen LogP contribution is 2.16. The van der Waals surface area contributed by atoms with Crippen LogP contribution in [0.4, 0.5) is 10.7 Å². The topological polar surface area (TPSA) is 84.0 Å².